The topological polar surface area (TPSA) is 71.2 Å². The highest BCUT2D eigenvalue weighted by atomic mass is 32.1. The largest absolute Gasteiger partial charge is 0.393 e. The van der Waals surface area contributed by atoms with Crippen molar-refractivity contribution in [1.29, 1.82) is 0 Å². The second-order valence-electron chi connectivity index (χ2n) is 7.45. The Morgan fingerprint density at radius 3 is 2.71 bits per heavy atom. The summed E-state index contributed by atoms with van der Waals surface area (Å²) in [5.41, 5.74) is 0.408. The van der Waals surface area contributed by atoms with Crippen molar-refractivity contribution in [3.05, 3.63) is 53.4 Å². The molecule has 2 aromatic heterocycles. The molecule has 1 aliphatic carbocycles. The van der Waals surface area contributed by atoms with E-state index in [1.165, 1.54) is 23.5 Å². The molecule has 5 rings (SSSR count). The average molecular weight is 398 g/mol. The van der Waals surface area contributed by atoms with Gasteiger partial charge in [0.05, 0.1) is 16.7 Å². The van der Waals surface area contributed by atoms with E-state index in [1.54, 1.807) is 16.8 Å². The first-order valence-corrected chi connectivity index (χ1v) is 10.2. The van der Waals surface area contributed by atoms with E-state index in [0.717, 1.165) is 17.7 Å². The third kappa shape index (κ3) is 2.93. The number of amides is 1. The lowest BCUT2D eigenvalue weighted by molar-refractivity contribution is 0.0240. The van der Waals surface area contributed by atoms with Gasteiger partial charge < -0.3 is 10.0 Å². The van der Waals surface area contributed by atoms with Gasteiger partial charge in [0.25, 0.3) is 5.91 Å². The summed E-state index contributed by atoms with van der Waals surface area (Å²) in [7, 11) is 0. The van der Waals surface area contributed by atoms with Crippen LogP contribution >= 0.6 is 11.3 Å². The SMILES string of the molecule is O=C(c1nc(-c2cccs2)n(-c2ccc(F)cc2)n1)N1CCC(O)CC12CC2. The molecule has 1 unspecified atom stereocenters. The van der Waals surface area contributed by atoms with Crippen molar-refractivity contribution in [1.82, 2.24) is 19.7 Å². The predicted molar refractivity (Wildman–Crippen MR) is 103 cm³/mol. The van der Waals surface area contributed by atoms with Gasteiger partial charge in [0, 0.05) is 12.1 Å². The number of nitrogens with zero attached hydrogens (tertiary/aromatic N) is 4. The standard InChI is InChI=1S/C20H19FN4O2S/c21-13-3-5-14(6-4-13)25-18(16-2-1-11-28-16)22-17(23-25)19(27)24-10-7-15(26)12-20(24)8-9-20/h1-6,11,15,26H,7-10,12H2. The van der Waals surface area contributed by atoms with Crippen LogP contribution in [0.25, 0.3) is 16.4 Å². The Bertz CT molecular complexity index is 1010. The van der Waals surface area contributed by atoms with E-state index in [-0.39, 0.29) is 29.2 Å². The highest BCUT2D eigenvalue weighted by Gasteiger charge is 2.53. The zero-order chi connectivity index (χ0) is 19.3. The van der Waals surface area contributed by atoms with Crippen LogP contribution in [0.4, 0.5) is 4.39 Å². The summed E-state index contributed by atoms with van der Waals surface area (Å²) in [5.74, 6) is 0.158. The highest BCUT2D eigenvalue weighted by molar-refractivity contribution is 7.13. The number of aromatic nitrogens is 3. The summed E-state index contributed by atoms with van der Waals surface area (Å²) >= 11 is 1.51. The smallest absolute Gasteiger partial charge is 0.294 e. The Morgan fingerprint density at radius 2 is 2.04 bits per heavy atom. The average Bonchev–Trinajstić information content (AvgIpc) is 3.12. The minimum Gasteiger partial charge on any atom is -0.393 e. The van der Waals surface area contributed by atoms with Crippen molar-refractivity contribution in [2.75, 3.05) is 6.54 Å². The van der Waals surface area contributed by atoms with E-state index in [9.17, 15) is 14.3 Å². The fraction of sp³-hybridized carbons (Fsp3) is 0.350. The maximum absolute atomic E-state index is 13.4. The second kappa shape index (κ2) is 6.49. The Kier molecular flexibility index (Phi) is 4.06. The molecular weight excluding hydrogens is 379 g/mol. The van der Waals surface area contributed by atoms with E-state index in [0.29, 0.717) is 30.9 Å². The molecule has 0 bridgehead atoms. The first-order valence-electron chi connectivity index (χ1n) is 9.33. The Balaban J connectivity index is 1.55. The second-order valence-corrected chi connectivity index (χ2v) is 8.40. The molecule has 0 radical (unpaired) electrons. The van der Waals surface area contributed by atoms with Crippen molar-refractivity contribution in [2.45, 2.75) is 37.3 Å². The lowest BCUT2D eigenvalue weighted by atomic mass is 9.97. The van der Waals surface area contributed by atoms with Crippen molar-refractivity contribution < 1.29 is 14.3 Å². The van der Waals surface area contributed by atoms with Crippen LogP contribution in [0, 0.1) is 5.82 Å². The van der Waals surface area contributed by atoms with Gasteiger partial charge in [0.2, 0.25) is 5.82 Å². The number of hydrogen-bond acceptors (Lipinski definition) is 5. The number of piperidine rings is 1. The van der Waals surface area contributed by atoms with Gasteiger partial charge in [-0.15, -0.1) is 16.4 Å². The summed E-state index contributed by atoms with van der Waals surface area (Å²) in [5, 5.41) is 16.4. The summed E-state index contributed by atoms with van der Waals surface area (Å²) in [6.45, 7) is 0.513. The van der Waals surface area contributed by atoms with Crippen LogP contribution in [0.3, 0.4) is 0 Å². The molecule has 144 valence electrons. The molecule has 28 heavy (non-hydrogen) atoms. The van der Waals surface area contributed by atoms with Gasteiger partial charge in [0.15, 0.2) is 5.82 Å². The van der Waals surface area contributed by atoms with Gasteiger partial charge >= 0.3 is 0 Å². The molecule has 1 N–H and O–H groups in total. The van der Waals surface area contributed by atoms with Gasteiger partial charge in [-0.25, -0.2) is 14.1 Å². The number of likely N-dealkylation sites (tertiary alicyclic amines) is 1. The minimum absolute atomic E-state index is 0.135. The monoisotopic (exact) mass is 398 g/mol. The molecular formula is C20H19FN4O2S. The maximum Gasteiger partial charge on any atom is 0.294 e. The molecule has 3 heterocycles. The van der Waals surface area contributed by atoms with Crippen LogP contribution in [-0.2, 0) is 0 Å². The summed E-state index contributed by atoms with van der Waals surface area (Å²) in [4.78, 5) is 20.5. The Hall–Kier alpha value is -2.58. The van der Waals surface area contributed by atoms with E-state index in [2.05, 4.69) is 10.1 Å². The molecule has 1 saturated heterocycles. The molecule has 1 saturated carbocycles. The van der Waals surface area contributed by atoms with Crippen LogP contribution in [0.1, 0.15) is 36.3 Å². The molecule has 1 atom stereocenters. The molecule has 1 aliphatic heterocycles. The lowest BCUT2D eigenvalue weighted by Crippen LogP contribution is -2.49. The number of rotatable bonds is 3. The van der Waals surface area contributed by atoms with E-state index < -0.39 is 0 Å². The Labute approximate surface area is 165 Å². The molecule has 2 fully saturated rings. The minimum atomic E-state index is -0.349. The van der Waals surface area contributed by atoms with E-state index in [4.69, 9.17) is 0 Å². The fourth-order valence-electron chi connectivity index (χ4n) is 3.95. The van der Waals surface area contributed by atoms with Crippen LogP contribution in [-0.4, -0.2) is 48.9 Å². The number of hydrogen-bond donors (Lipinski definition) is 1. The van der Waals surface area contributed by atoms with E-state index >= 15 is 0 Å². The van der Waals surface area contributed by atoms with Crippen LogP contribution in [0.2, 0.25) is 0 Å². The van der Waals surface area contributed by atoms with Crippen molar-refractivity contribution >= 4 is 17.2 Å². The molecule has 3 aromatic rings. The lowest BCUT2D eigenvalue weighted by Gasteiger charge is -2.37. The third-order valence-electron chi connectivity index (χ3n) is 5.56. The molecule has 2 aliphatic rings. The first kappa shape index (κ1) is 17.5. The van der Waals surface area contributed by atoms with Gasteiger partial charge in [-0.05, 0) is 61.4 Å². The summed E-state index contributed by atoms with van der Waals surface area (Å²) in [6.07, 6.45) is 2.66. The maximum atomic E-state index is 13.4. The van der Waals surface area contributed by atoms with Gasteiger partial charge in [-0.1, -0.05) is 6.07 Å². The molecule has 1 aromatic carbocycles. The molecule has 6 nitrogen and oxygen atoms in total. The third-order valence-corrected chi connectivity index (χ3v) is 6.42. The number of aliphatic hydroxyl groups is 1. The predicted octanol–water partition coefficient (Wildman–Crippen LogP) is 3.26. The van der Waals surface area contributed by atoms with Crippen molar-refractivity contribution in [2.24, 2.45) is 0 Å². The number of aliphatic hydroxyl groups excluding tert-OH is 1. The number of carbonyl (C=O) groups excluding carboxylic acids is 1. The van der Waals surface area contributed by atoms with E-state index in [1.807, 2.05) is 22.4 Å². The number of benzene rings is 1. The van der Waals surface area contributed by atoms with Gasteiger partial charge in [0.1, 0.15) is 5.82 Å². The number of halogens is 1. The molecule has 1 amide bonds. The fourth-order valence-corrected chi connectivity index (χ4v) is 4.65. The van der Waals surface area contributed by atoms with Crippen LogP contribution in [0.15, 0.2) is 41.8 Å². The first-order chi connectivity index (χ1) is 13.6. The van der Waals surface area contributed by atoms with Crippen LogP contribution < -0.4 is 0 Å². The van der Waals surface area contributed by atoms with Gasteiger partial charge in [-0.3, -0.25) is 4.79 Å². The van der Waals surface area contributed by atoms with Crippen LogP contribution in [0.5, 0.6) is 0 Å². The van der Waals surface area contributed by atoms with Crippen molar-refractivity contribution in [3.63, 3.8) is 0 Å². The normalized spacial score (nSPS) is 20.5. The molecule has 8 heteroatoms. The zero-order valence-electron chi connectivity index (χ0n) is 15.1. The van der Waals surface area contributed by atoms with Gasteiger partial charge in [-0.2, -0.15) is 0 Å². The molecule has 1 spiro atoms. The summed E-state index contributed by atoms with van der Waals surface area (Å²) < 4.78 is 14.9. The highest BCUT2D eigenvalue weighted by Crippen LogP contribution is 2.48. The summed E-state index contributed by atoms with van der Waals surface area (Å²) in [6, 6.07) is 9.80. The number of carbonyl (C=O) groups is 1. The number of thiophene rings is 1. The van der Waals surface area contributed by atoms with Crippen molar-refractivity contribution in [3.8, 4) is 16.4 Å². The Morgan fingerprint density at radius 1 is 1.25 bits per heavy atom. The zero-order valence-corrected chi connectivity index (χ0v) is 15.9. The quantitative estimate of drug-likeness (QED) is 0.735.